The van der Waals surface area contributed by atoms with Crippen LogP contribution < -0.4 is 10.6 Å². The van der Waals surface area contributed by atoms with E-state index in [9.17, 15) is 9.18 Å². The van der Waals surface area contributed by atoms with E-state index in [2.05, 4.69) is 10.6 Å². The highest BCUT2D eigenvalue weighted by molar-refractivity contribution is 5.79. The maximum absolute atomic E-state index is 12.9. The Morgan fingerprint density at radius 2 is 1.71 bits per heavy atom. The first-order chi connectivity index (χ1) is 11.7. The van der Waals surface area contributed by atoms with Gasteiger partial charge in [-0.05, 0) is 41.8 Å². The van der Waals surface area contributed by atoms with Crippen LogP contribution in [0.25, 0.3) is 0 Å². The fourth-order valence-corrected chi connectivity index (χ4v) is 2.62. The summed E-state index contributed by atoms with van der Waals surface area (Å²) in [5, 5.41) is 6.24. The van der Waals surface area contributed by atoms with Gasteiger partial charge in [0.05, 0.1) is 12.5 Å². The molecular weight excluding hydrogens is 307 g/mol. The highest BCUT2D eigenvalue weighted by atomic mass is 19.1. The van der Waals surface area contributed by atoms with Gasteiger partial charge >= 0.3 is 0 Å². The lowest BCUT2D eigenvalue weighted by Crippen LogP contribution is -2.30. The lowest BCUT2D eigenvalue weighted by molar-refractivity contribution is -0.125. The number of anilines is 1. The van der Waals surface area contributed by atoms with Crippen molar-refractivity contribution in [1.82, 2.24) is 5.32 Å². The van der Waals surface area contributed by atoms with Crippen LogP contribution in [0.1, 0.15) is 17.5 Å². The summed E-state index contributed by atoms with van der Waals surface area (Å²) in [4.78, 5) is 11.9. The number of amides is 1. The monoisotopic (exact) mass is 328 g/mol. The molecule has 5 heteroatoms. The molecule has 2 N–H and O–H groups in total. The molecule has 3 rings (SSSR count). The average molecular weight is 328 g/mol. The van der Waals surface area contributed by atoms with Crippen molar-refractivity contribution >= 4 is 11.6 Å². The predicted molar refractivity (Wildman–Crippen MR) is 90.9 cm³/mol. The molecule has 1 heterocycles. The summed E-state index contributed by atoms with van der Waals surface area (Å²) in [7, 11) is 0. The van der Waals surface area contributed by atoms with Crippen molar-refractivity contribution in [1.29, 1.82) is 0 Å². The van der Waals surface area contributed by atoms with E-state index in [1.165, 1.54) is 12.1 Å². The van der Waals surface area contributed by atoms with Gasteiger partial charge in [-0.1, -0.05) is 24.3 Å². The molecule has 1 fully saturated rings. The molecule has 2 aromatic carbocycles. The highest BCUT2D eigenvalue weighted by Gasteiger charge is 2.22. The number of benzene rings is 2. The fourth-order valence-electron chi connectivity index (χ4n) is 2.62. The largest absolute Gasteiger partial charge is 0.381 e. The van der Waals surface area contributed by atoms with E-state index in [4.69, 9.17) is 4.74 Å². The molecule has 2 aromatic rings. The second kappa shape index (κ2) is 7.93. The highest BCUT2D eigenvalue weighted by Crippen LogP contribution is 2.14. The number of halogens is 1. The van der Waals surface area contributed by atoms with Crippen LogP contribution in [0.4, 0.5) is 10.1 Å². The minimum absolute atomic E-state index is 0.0124. The van der Waals surface area contributed by atoms with Gasteiger partial charge < -0.3 is 15.4 Å². The summed E-state index contributed by atoms with van der Waals surface area (Å²) < 4.78 is 18.1. The summed E-state index contributed by atoms with van der Waals surface area (Å²) >= 11 is 0. The molecule has 1 aliphatic heterocycles. The zero-order valence-corrected chi connectivity index (χ0v) is 13.4. The smallest absolute Gasteiger partial charge is 0.225 e. The SMILES string of the molecule is O=C(NCc1ccc(NCc2ccc(F)cc2)cc1)[C@H]1CCOC1. The molecule has 1 amide bonds. The molecular formula is C19H21FN2O2. The molecule has 1 atom stereocenters. The predicted octanol–water partition coefficient (Wildman–Crippen LogP) is 3.09. The Labute approximate surface area is 141 Å². The quantitative estimate of drug-likeness (QED) is 0.857. The maximum Gasteiger partial charge on any atom is 0.225 e. The second-order valence-electron chi connectivity index (χ2n) is 5.96. The topological polar surface area (TPSA) is 50.4 Å². The standard InChI is InChI=1S/C19H21FN2O2/c20-17-5-1-14(2-6-17)11-21-18-7-3-15(4-8-18)12-22-19(23)16-9-10-24-13-16/h1-8,16,21H,9-13H2,(H,22,23)/t16-/m0/s1. The van der Waals surface area contributed by atoms with Gasteiger partial charge in [0.15, 0.2) is 0 Å². The number of ether oxygens (including phenoxy) is 1. The van der Waals surface area contributed by atoms with E-state index in [0.29, 0.717) is 26.3 Å². The number of hydrogen-bond acceptors (Lipinski definition) is 3. The minimum atomic E-state index is -0.227. The Morgan fingerprint density at radius 1 is 1.04 bits per heavy atom. The van der Waals surface area contributed by atoms with Crippen LogP contribution in [-0.2, 0) is 22.6 Å². The van der Waals surface area contributed by atoms with E-state index in [1.807, 2.05) is 24.3 Å². The summed E-state index contributed by atoms with van der Waals surface area (Å²) in [6.45, 7) is 2.36. The molecule has 24 heavy (non-hydrogen) atoms. The van der Waals surface area contributed by atoms with Crippen molar-refractivity contribution in [2.24, 2.45) is 5.92 Å². The molecule has 0 saturated carbocycles. The molecule has 0 aliphatic carbocycles. The van der Waals surface area contributed by atoms with Crippen molar-refractivity contribution in [3.8, 4) is 0 Å². The molecule has 0 spiro atoms. The third kappa shape index (κ3) is 4.55. The molecule has 126 valence electrons. The number of nitrogens with one attached hydrogen (secondary N) is 2. The Morgan fingerprint density at radius 3 is 2.38 bits per heavy atom. The Balaban J connectivity index is 1.46. The van der Waals surface area contributed by atoms with Crippen molar-refractivity contribution in [3.63, 3.8) is 0 Å². The lowest BCUT2D eigenvalue weighted by Gasteiger charge is -2.10. The summed E-state index contributed by atoms with van der Waals surface area (Å²) in [5.74, 6) is -0.179. The van der Waals surface area contributed by atoms with E-state index >= 15 is 0 Å². The molecule has 0 aromatic heterocycles. The Kier molecular flexibility index (Phi) is 5.43. The number of hydrogen-bond donors (Lipinski definition) is 2. The van der Waals surface area contributed by atoms with Gasteiger partial charge in [-0.15, -0.1) is 0 Å². The molecule has 1 saturated heterocycles. The van der Waals surface area contributed by atoms with Gasteiger partial charge in [-0.3, -0.25) is 4.79 Å². The molecule has 0 bridgehead atoms. The van der Waals surface area contributed by atoms with Crippen LogP contribution in [0.15, 0.2) is 48.5 Å². The number of carbonyl (C=O) groups is 1. The zero-order chi connectivity index (χ0) is 16.8. The number of rotatable bonds is 6. The Bertz CT molecular complexity index is 665. The van der Waals surface area contributed by atoms with Crippen LogP contribution in [0, 0.1) is 11.7 Å². The molecule has 0 unspecified atom stereocenters. The van der Waals surface area contributed by atoms with Gasteiger partial charge in [0.2, 0.25) is 5.91 Å². The van der Waals surface area contributed by atoms with Crippen LogP contribution in [0.3, 0.4) is 0 Å². The van der Waals surface area contributed by atoms with E-state index < -0.39 is 0 Å². The van der Waals surface area contributed by atoms with E-state index in [-0.39, 0.29) is 17.6 Å². The van der Waals surface area contributed by atoms with Gasteiger partial charge in [0, 0.05) is 25.4 Å². The normalized spacial score (nSPS) is 16.8. The average Bonchev–Trinajstić information content (AvgIpc) is 3.15. The molecule has 4 nitrogen and oxygen atoms in total. The number of carbonyl (C=O) groups excluding carboxylic acids is 1. The van der Waals surface area contributed by atoms with Gasteiger partial charge in [0.25, 0.3) is 0 Å². The fraction of sp³-hybridized carbons (Fsp3) is 0.316. The third-order valence-electron chi connectivity index (χ3n) is 4.13. The first-order valence-corrected chi connectivity index (χ1v) is 8.13. The van der Waals surface area contributed by atoms with Crippen molar-refractivity contribution < 1.29 is 13.9 Å². The van der Waals surface area contributed by atoms with Crippen molar-refractivity contribution in [3.05, 3.63) is 65.5 Å². The van der Waals surface area contributed by atoms with Gasteiger partial charge in [0.1, 0.15) is 5.82 Å². The minimum Gasteiger partial charge on any atom is -0.381 e. The van der Waals surface area contributed by atoms with Gasteiger partial charge in [-0.25, -0.2) is 4.39 Å². The van der Waals surface area contributed by atoms with Crippen LogP contribution in [0.2, 0.25) is 0 Å². The van der Waals surface area contributed by atoms with E-state index in [0.717, 1.165) is 23.2 Å². The summed E-state index contributed by atoms with van der Waals surface area (Å²) in [6.07, 6.45) is 0.804. The lowest BCUT2D eigenvalue weighted by atomic mass is 10.1. The van der Waals surface area contributed by atoms with Crippen LogP contribution in [0.5, 0.6) is 0 Å². The molecule has 1 aliphatic rings. The van der Waals surface area contributed by atoms with Crippen LogP contribution >= 0.6 is 0 Å². The van der Waals surface area contributed by atoms with Crippen molar-refractivity contribution in [2.75, 3.05) is 18.5 Å². The van der Waals surface area contributed by atoms with E-state index in [1.54, 1.807) is 12.1 Å². The zero-order valence-electron chi connectivity index (χ0n) is 13.4. The van der Waals surface area contributed by atoms with Crippen molar-refractivity contribution in [2.45, 2.75) is 19.5 Å². The Hall–Kier alpha value is -2.40. The first kappa shape index (κ1) is 16.5. The van der Waals surface area contributed by atoms with Crippen LogP contribution in [-0.4, -0.2) is 19.1 Å². The summed E-state index contributed by atoms with van der Waals surface area (Å²) in [5.41, 5.74) is 3.06. The first-order valence-electron chi connectivity index (χ1n) is 8.13. The molecule has 0 radical (unpaired) electrons. The summed E-state index contributed by atoms with van der Waals surface area (Å²) in [6, 6.07) is 14.4. The van der Waals surface area contributed by atoms with Gasteiger partial charge in [-0.2, -0.15) is 0 Å². The third-order valence-corrected chi connectivity index (χ3v) is 4.13. The second-order valence-corrected chi connectivity index (χ2v) is 5.96. The maximum atomic E-state index is 12.9.